The van der Waals surface area contributed by atoms with Crippen molar-refractivity contribution in [3.05, 3.63) is 52.6 Å². The zero-order valence-corrected chi connectivity index (χ0v) is 17.1. The Bertz CT molecular complexity index is 1010. The van der Waals surface area contributed by atoms with Crippen LogP contribution in [0.2, 0.25) is 0 Å². The average Bonchev–Trinajstić information content (AvgIpc) is 3.35. The maximum atomic E-state index is 12.1. The van der Waals surface area contributed by atoms with Gasteiger partial charge >= 0.3 is 5.76 Å². The minimum absolute atomic E-state index is 0.0577. The lowest BCUT2D eigenvalue weighted by Crippen LogP contribution is -2.49. The first-order valence-electron chi connectivity index (χ1n) is 10.1. The molecule has 1 fully saturated rings. The molecule has 160 valence electrons. The molecule has 0 bridgehead atoms. The molecule has 2 aromatic heterocycles. The van der Waals surface area contributed by atoms with E-state index < -0.39 is 11.9 Å². The van der Waals surface area contributed by atoms with Gasteiger partial charge in [-0.05, 0) is 13.8 Å². The van der Waals surface area contributed by atoms with Crippen LogP contribution >= 0.6 is 0 Å². The second kappa shape index (κ2) is 8.90. The Morgan fingerprint density at radius 3 is 2.47 bits per heavy atom. The van der Waals surface area contributed by atoms with Crippen LogP contribution in [0.15, 0.2) is 44.2 Å². The van der Waals surface area contributed by atoms with E-state index in [0.29, 0.717) is 24.1 Å². The number of aliphatic hydroxyl groups is 1. The molecule has 3 heterocycles. The molecular formula is C20H26N6O4. The maximum Gasteiger partial charge on any atom is 0.441 e. The first kappa shape index (κ1) is 20.5. The van der Waals surface area contributed by atoms with Gasteiger partial charge in [0.05, 0.1) is 18.7 Å². The summed E-state index contributed by atoms with van der Waals surface area (Å²) in [7, 11) is 0. The normalized spacial score (nSPS) is 17.8. The Labute approximate surface area is 173 Å². The molecule has 2 atom stereocenters. The Morgan fingerprint density at radius 1 is 1.07 bits per heavy atom. The summed E-state index contributed by atoms with van der Waals surface area (Å²) in [4.78, 5) is 20.9. The van der Waals surface area contributed by atoms with Crippen molar-refractivity contribution in [1.29, 1.82) is 0 Å². The number of aromatic nitrogens is 4. The molecule has 10 heteroatoms. The predicted molar refractivity (Wildman–Crippen MR) is 108 cm³/mol. The molecule has 0 amide bonds. The fourth-order valence-corrected chi connectivity index (χ4v) is 3.76. The third-order valence-electron chi connectivity index (χ3n) is 5.44. The highest BCUT2D eigenvalue weighted by molar-refractivity contribution is 5.54. The third kappa shape index (κ3) is 4.50. The standard InChI is InChI=1S/C20H26N6O4/c1-14(19-21-15(2)22-29-19)25-10-8-24(9-11-25)12-17(27)13-26-18(23-30-20(26)28)16-6-4-3-5-7-16/h3-7,14,17,27H,8-13H2,1-2H3. The van der Waals surface area contributed by atoms with Gasteiger partial charge in [-0.1, -0.05) is 40.6 Å². The molecule has 10 nitrogen and oxygen atoms in total. The number of rotatable bonds is 7. The quantitative estimate of drug-likeness (QED) is 0.603. The number of nitrogens with zero attached hydrogens (tertiary/aromatic N) is 6. The van der Waals surface area contributed by atoms with E-state index in [-0.39, 0.29) is 12.6 Å². The molecule has 0 spiro atoms. The molecule has 3 aromatic rings. The van der Waals surface area contributed by atoms with Gasteiger partial charge in [0.15, 0.2) is 11.6 Å². The molecular weight excluding hydrogens is 388 g/mol. The Morgan fingerprint density at radius 2 is 1.80 bits per heavy atom. The van der Waals surface area contributed by atoms with Crippen molar-refractivity contribution >= 4 is 0 Å². The van der Waals surface area contributed by atoms with Crippen molar-refractivity contribution < 1.29 is 14.2 Å². The summed E-state index contributed by atoms with van der Waals surface area (Å²) >= 11 is 0. The monoisotopic (exact) mass is 414 g/mol. The molecule has 1 aliphatic rings. The molecule has 0 aliphatic carbocycles. The number of benzene rings is 1. The van der Waals surface area contributed by atoms with Gasteiger partial charge < -0.3 is 9.63 Å². The summed E-state index contributed by atoms with van der Waals surface area (Å²) in [5.74, 6) is 1.12. The summed E-state index contributed by atoms with van der Waals surface area (Å²) in [6, 6.07) is 9.39. The Hall–Kier alpha value is -2.82. The fraction of sp³-hybridized carbons (Fsp3) is 0.500. The number of piperazine rings is 1. The highest BCUT2D eigenvalue weighted by Gasteiger charge is 2.26. The molecule has 0 saturated carbocycles. The predicted octanol–water partition coefficient (Wildman–Crippen LogP) is 0.934. The Kier molecular flexibility index (Phi) is 6.07. The summed E-state index contributed by atoms with van der Waals surface area (Å²) in [6.07, 6.45) is -0.716. The lowest BCUT2D eigenvalue weighted by molar-refractivity contribution is 0.0466. The highest BCUT2D eigenvalue weighted by Crippen LogP contribution is 2.20. The van der Waals surface area contributed by atoms with Gasteiger partial charge in [0.1, 0.15) is 0 Å². The van der Waals surface area contributed by atoms with Gasteiger partial charge in [0.25, 0.3) is 0 Å². The van der Waals surface area contributed by atoms with Crippen LogP contribution in [0.4, 0.5) is 0 Å². The van der Waals surface area contributed by atoms with Gasteiger partial charge in [0, 0.05) is 38.3 Å². The number of aryl methyl sites for hydroxylation is 1. The van der Waals surface area contributed by atoms with E-state index in [4.69, 9.17) is 9.05 Å². The number of β-amino-alcohol motifs (C(OH)–C–C–N with tert-alkyl or cyclic N) is 1. The van der Waals surface area contributed by atoms with Crippen molar-refractivity contribution in [3.8, 4) is 11.4 Å². The lowest BCUT2D eigenvalue weighted by atomic mass is 10.2. The molecule has 1 aliphatic heterocycles. The SMILES string of the molecule is Cc1noc(C(C)N2CCN(CC(O)Cn3c(-c4ccccc4)noc3=O)CC2)n1. The second-order valence-corrected chi connectivity index (χ2v) is 7.59. The third-order valence-corrected chi connectivity index (χ3v) is 5.44. The van der Waals surface area contributed by atoms with Gasteiger partial charge in [-0.15, -0.1) is 0 Å². The minimum atomic E-state index is -0.716. The van der Waals surface area contributed by atoms with Gasteiger partial charge in [-0.2, -0.15) is 4.98 Å². The van der Waals surface area contributed by atoms with Crippen molar-refractivity contribution in [2.75, 3.05) is 32.7 Å². The molecule has 0 radical (unpaired) electrons. The van der Waals surface area contributed by atoms with E-state index in [1.165, 1.54) is 4.57 Å². The average molecular weight is 414 g/mol. The molecule has 1 saturated heterocycles. The van der Waals surface area contributed by atoms with Gasteiger partial charge in [-0.25, -0.2) is 4.79 Å². The van der Waals surface area contributed by atoms with E-state index in [9.17, 15) is 9.90 Å². The maximum absolute atomic E-state index is 12.1. The molecule has 1 aromatic carbocycles. The number of hydrogen-bond acceptors (Lipinski definition) is 9. The number of hydrogen-bond donors (Lipinski definition) is 1. The number of aliphatic hydroxyl groups excluding tert-OH is 1. The van der Waals surface area contributed by atoms with Crippen LogP contribution in [0, 0.1) is 6.92 Å². The topological polar surface area (TPSA) is 114 Å². The molecule has 1 N–H and O–H groups in total. The Balaban J connectivity index is 1.32. The first-order valence-corrected chi connectivity index (χ1v) is 10.1. The van der Waals surface area contributed by atoms with Crippen LogP contribution in [0.5, 0.6) is 0 Å². The molecule has 2 unspecified atom stereocenters. The minimum Gasteiger partial charge on any atom is -0.390 e. The largest absolute Gasteiger partial charge is 0.441 e. The zero-order valence-electron chi connectivity index (χ0n) is 17.1. The molecule has 30 heavy (non-hydrogen) atoms. The zero-order chi connectivity index (χ0) is 21.1. The van der Waals surface area contributed by atoms with Crippen LogP contribution < -0.4 is 5.76 Å². The van der Waals surface area contributed by atoms with Gasteiger partial charge in [0.2, 0.25) is 5.89 Å². The van der Waals surface area contributed by atoms with Crippen LogP contribution in [-0.2, 0) is 6.54 Å². The smallest absolute Gasteiger partial charge is 0.390 e. The lowest BCUT2D eigenvalue weighted by Gasteiger charge is -2.37. The van der Waals surface area contributed by atoms with E-state index in [0.717, 1.165) is 31.7 Å². The van der Waals surface area contributed by atoms with E-state index in [2.05, 4.69) is 32.0 Å². The summed E-state index contributed by atoms with van der Waals surface area (Å²) in [6.45, 7) is 7.73. The van der Waals surface area contributed by atoms with E-state index in [1.54, 1.807) is 0 Å². The van der Waals surface area contributed by atoms with Crippen molar-refractivity contribution in [1.82, 2.24) is 29.7 Å². The van der Waals surface area contributed by atoms with E-state index in [1.807, 2.05) is 37.3 Å². The van der Waals surface area contributed by atoms with Crippen molar-refractivity contribution in [2.24, 2.45) is 0 Å². The van der Waals surface area contributed by atoms with Crippen molar-refractivity contribution in [3.63, 3.8) is 0 Å². The van der Waals surface area contributed by atoms with Crippen LogP contribution in [0.25, 0.3) is 11.4 Å². The van der Waals surface area contributed by atoms with Crippen LogP contribution in [0.1, 0.15) is 24.7 Å². The van der Waals surface area contributed by atoms with Crippen molar-refractivity contribution in [2.45, 2.75) is 32.5 Å². The second-order valence-electron chi connectivity index (χ2n) is 7.59. The molecule has 4 rings (SSSR count). The van der Waals surface area contributed by atoms with Gasteiger partial charge in [-0.3, -0.25) is 18.9 Å². The summed E-state index contributed by atoms with van der Waals surface area (Å²) < 4.78 is 11.5. The summed E-state index contributed by atoms with van der Waals surface area (Å²) in [5.41, 5.74) is 0.773. The first-order chi connectivity index (χ1) is 14.5. The van der Waals surface area contributed by atoms with Crippen LogP contribution in [-0.4, -0.2) is 73.6 Å². The highest BCUT2D eigenvalue weighted by atomic mass is 16.5. The van der Waals surface area contributed by atoms with Crippen LogP contribution in [0.3, 0.4) is 0 Å². The fourth-order valence-electron chi connectivity index (χ4n) is 3.76. The van der Waals surface area contributed by atoms with E-state index >= 15 is 0 Å². The summed E-state index contributed by atoms with van der Waals surface area (Å²) in [5, 5.41) is 18.3.